The summed E-state index contributed by atoms with van der Waals surface area (Å²) in [6, 6.07) is 5.38. The number of halogens is 3. The van der Waals surface area contributed by atoms with Gasteiger partial charge in [0, 0.05) is 19.0 Å². The summed E-state index contributed by atoms with van der Waals surface area (Å²) < 4.78 is 51.5. The molecule has 0 bridgehead atoms. The highest BCUT2D eigenvalue weighted by atomic mass is 19.4. The minimum absolute atomic E-state index is 0.0522. The molecular formula is C18H22F3NO5. The topological polar surface area (TPSA) is 65.1 Å². The standard InChI is InChI=1S/C18H22F3NO5/c1-17(2,3)27-16(24)22-9-13(14(10-22)15(23)25-4)11-6-5-7-12(8-11)26-18(19,20)21/h5-8,13-14H,9-10H2,1-4H3/t13-,14+/m1/s1. The zero-order valence-corrected chi connectivity index (χ0v) is 15.5. The molecule has 1 heterocycles. The van der Waals surface area contributed by atoms with Crippen LogP contribution in [-0.4, -0.2) is 49.1 Å². The highest BCUT2D eigenvalue weighted by Crippen LogP contribution is 2.36. The highest BCUT2D eigenvalue weighted by Gasteiger charge is 2.42. The van der Waals surface area contributed by atoms with Crippen LogP contribution in [-0.2, 0) is 14.3 Å². The molecule has 1 aromatic carbocycles. The lowest BCUT2D eigenvalue weighted by Gasteiger charge is -2.24. The summed E-state index contributed by atoms with van der Waals surface area (Å²) in [6.45, 7) is 5.32. The summed E-state index contributed by atoms with van der Waals surface area (Å²) in [5, 5.41) is 0. The lowest BCUT2D eigenvalue weighted by atomic mass is 9.89. The molecule has 0 radical (unpaired) electrons. The highest BCUT2D eigenvalue weighted by molar-refractivity contribution is 5.77. The number of rotatable bonds is 3. The van der Waals surface area contributed by atoms with Crippen LogP contribution in [0.15, 0.2) is 24.3 Å². The van der Waals surface area contributed by atoms with E-state index < -0.39 is 35.9 Å². The Balaban J connectivity index is 2.26. The minimum Gasteiger partial charge on any atom is -0.469 e. The molecule has 150 valence electrons. The molecule has 9 heteroatoms. The van der Waals surface area contributed by atoms with Crippen molar-refractivity contribution in [1.29, 1.82) is 0 Å². The number of nitrogens with zero attached hydrogens (tertiary/aromatic N) is 1. The molecule has 0 spiro atoms. The van der Waals surface area contributed by atoms with E-state index in [1.807, 2.05) is 0 Å². The van der Waals surface area contributed by atoms with Crippen LogP contribution in [0, 0.1) is 5.92 Å². The van der Waals surface area contributed by atoms with Crippen molar-refractivity contribution < 1.29 is 37.0 Å². The van der Waals surface area contributed by atoms with Gasteiger partial charge in [0.15, 0.2) is 0 Å². The third-order valence-electron chi connectivity index (χ3n) is 4.00. The molecule has 1 aromatic rings. The predicted molar refractivity (Wildman–Crippen MR) is 89.2 cm³/mol. The van der Waals surface area contributed by atoms with Crippen molar-refractivity contribution in [3.8, 4) is 5.75 Å². The molecule has 2 rings (SSSR count). The van der Waals surface area contributed by atoms with Crippen LogP contribution in [0.3, 0.4) is 0 Å². The second-order valence-corrected chi connectivity index (χ2v) is 7.24. The van der Waals surface area contributed by atoms with Gasteiger partial charge in [-0.15, -0.1) is 13.2 Å². The molecule has 1 aliphatic heterocycles. The van der Waals surface area contributed by atoms with Crippen LogP contribution >= 0.6 is 0 Å². The monoisotopic (exact) mass is 389 g/mol. The van der Waals surface area contributed by atoms with E-state index in [0.29, 0.717) is 5.56 Å². The van der Waals surface area contributed by atoms with E-state index in [4.69, 9.17) is 9.47 Å². The van der Waals surface area contributed by atoms with Crippen molar-refractivity contribution in [2.45, 2.75) is 38.7 Å². The maximum atomic E-state index is 12.5. The molecule has 2 atom stereocenters. The molecule has 1 saturated heterocycles. The van der Waals surface area contributed by atoms with Gasteiger partial charge in [-0.2, -0.15) is 0 Å². The third-order valence-corrected chi connectivity index (χ3v) is 4.00. The molecule has 0 aromatic heterocycles. The summed E-state index contributed by atoms with van der Waals surface area (Å²) in [7, 11) is 1.22. The number of esters is 1. The van der Waals surface area contributed by atoms with Crippen LogP contribution in [0.5, 0.6) is 5.75 Å². The number of carbonyl (C=O) groups is 2. The van der Waals surface area contributed by atoms with Gasteiger partial charge in [-0.1, -0.05) is 12.1 Å². The van der Waals surface area contributed by atoms with Gasteiger partial charge >= 0.3 is 18.4 Å². The summed E-state index contributed by atoms with van der Waals surface area (Å²) >= 11 is 0. The first-order valence-electron chi connectivity index (χ1n) is 8.31. The van der Waals surface area contributed by atoms with Crippen LogP contribution < -0.4 is 4.74 Å². The molecule has 27 heavy (non-hydrogen) atoms. The van der Waals surface area contributed by atoms with Crippen molar-refractivity contribution in [2.24, 2.45) is 5.92 Å². The maximum Gasteiger partial charge on any atom is 0.573 e. The van der Waals surface area contributed by atoms with Gasteiger partial charge in [-0.05, 0) is 38.5 Å². The Morgan fingerprint density at radius 2 is 1.81 bits per heavy atom. The first-order valence-corrected chi connectivity index (χ1v) is 8.31. The lowest BCUT2D eigenvalue weighted by molar-refractivity contribution is -0.274. The fourth-order valence-corrected chi connectivity index (χ4v) is 2.95. The van der Waals surface area contributed by atoms with E-state index in [2.05, 4.69) is 4.74 Å². The van der Waals surface area contributed by atoms with Crippen molar-refractivity contribution in [3.05, 3.63) is 29.8 Å². The summed E-state index contributed by atoms with van der Waals surface area (Å²) in [4.78, 5) is 25.8. The quantitative estimate of drug-likeness (QED) is 0.738. The van der Waals surface area contributed by atoms with Crippen LogP contribution in [0.2, 0.25) is 0 Å². The second-order valence-electron chi connectivity index (χ2n) is 7.24. The van der Waals surface area contributed by atoms with Crippen LogP contribution in [0.1, 0.15) is 32.3 Å². The van der Waals surface area contributed by atoms with Crippen molar-refractivity contribution in [2.75, 3.05) is 20.2 Å². The van der Waals surface area contributed by atoms with Gasteiger partial charge in [-0.3, -0.25) is 4.79 Å². The normalized spacial score (nSPS) is 20.3. The predicted octanol–water partition coefficient (Wildman–Crippen LogP) is 3.71. The Morgan fingerprint density at radius 3 is 2.37 bits per heavy atom. The number of alkyl halides is 3. The maximum absolute atomic E-state index is 12.5. The Bertz CT molecular complexity index is 699. The van der Waals surface area contributed by atoms with E-state index in [0.717, 1.165) is 0 Å². The van der Waals surface area contributed by atoms with Gasteiger partial charge in [0.25, 0.3) is 0 Å². The summed E-state index contributed by atoms with van der Waals surface area (Å²) in [6.07, 6.45) is -5.42. The van der Waals surface area contributed by atoms with E-state index in [1.165, 1.54) is 30.2 Å². The van der Waals surface area contributed by atoms with Gasteiger partial charge < -0.3 is 19.1 Å². The van der Waals surface area contributed by atoms with E-state index in [9.17, 15) is 22.8 Å². The van der Waals surface area contributed by atoms with E-state index in [-0.39, 0.29) is 18.8 Å². The molecule has 0 saturated carbocycles. The summed E-state index contributed by atoms with van der Waals surface area (Å²) in [5.74, 6) is -2.20. The number of carbonyl (C=O) groups excluding carboxylic acids is 2. The minimum atomic E-state index is -4.82. The molecular weight excluding hydrogens is 367 g/mol. The van der Waals surface area contributed by atoms with Gasteiger partial charge in [0.2, 0.25) is 0 Å². The molecule has 6 nitrogen and oxygen atoms in total. The average Bonchev–Trinajstić information content (AvgIpc) is 2.96. The SMILES string of the molecule is COC(=O)[C@H]1CN(C(=O)OC(C)(C)C)C[C@@H]1c1cccc(OC(F)(F)F)c1. The second kappa shape index (κ2) is 7.66. The van der Waals surface area contributed by atoms with Gasteiger partial charge in [0.1, 0.15) is 11.4 Å². The van der Waals surface area contributed by atoms with Gasteiger partial charge in [0.05, 0.1) is 13.0 Å². The van der Waals surface area contributed by atoms with Crippen LogP contribution in [0.4, 0.5) is 18.0 Å². The Morgan fingerprint density at radius 1 is 1.15 bits per heavy atom. The molecule has 0 N–H and O–H groups in total. The number of likely N-dealkylation sites (tertiary alicyclic amines) is 1. The average molecular weight is 389 g/mol. The number of hydrogen-bond acceptors (Lipinski definition) is 5. The van der Waals surface area contributed by atoms with Crippen molar-refractivity contribution in [1.82, 2.24) is 4.90 Å². The van der Waals surface area contributed by atoms with Crippen LogP contribution in [0.25, 0.3) is 0 Å². The van der Waals surface area contributed by atoms with Crippen molar-refractivity contribution >= 4 is 12.1 Å². The number of amides is 1. The summed E-state index contributed by atoms with van der Waals surface area (Å²) in [5.41, 5.74) is -0.269. The van der Waals surface area contributed by atoms with Crippen molar-refractivity contribution in [3.63, 3.8) is 0 Å². The molecule has 1 amide bonds. The smallest absolute Gasteiger partial charge is 0.469 e. The Kier molecular flexibility index (Phi) is 5.91. The molecule has 1 aliphatic rings. The third kappa shape index (κ3) is 5.77. The number of hydrogen-bond donors (Lipinski definition) is 0. The Hall–Kier alpha value is -2.45. The molecule has 1 fully saturated rings. The van der Waals surface area contributed by atoms with E-state index >= 15 is 0 Å². The first-order chi connectivity index (χ1) is 12.4. The lowest BCUT2D eigenvalue weighted by Crippen LogP contribution is -2.36. The number of methoxy groups -OCH3 is 1. The number of ether oxygens (including phenoxy) is 3. The fraction of sp³-hybridized carbons (Fsp3) is 0.556. The zero-order valence-electron chi connectivity index (χ0n) is 15.5. The van der Waals surface area contributed by atoms with E-state index in [1.54, 1.807) is 26.8 Å². The zero-order chi connectivity index (χ0) is 20.4. The van der Waals surface area contributed by atoms with Gasteiger partial charge in [-0.25, -0.2) is 4.79 Å². The number of benzene rings is 1. The molecule has 0 unspecified atom stereocenters. The first kappa shape index (κ1) is 20.9. The largest absolute Gasteiger partial charge is 0.573 e. The molecule has 0 aliphatic carbocycles. The fourth-order valence-electron chi connectivity index (χ4n) is 2.95. The Labute approximate surface area is 155 Å².